The number of nitrogens with zero attached hydrogens (tertiary/aromatic N) is 2. The third-order valence-electron chi connectivity index (χ3n) is 4.27. The van der Waals surface area contributed by atoms with Gasteiger partial charge in [-0.1, -0.05) is 47.6 Å². The SMILES string of the molecule is CN(C)c1ccc(/C=N/OCC(=O)Nc2ccc(OCc3ccccc3)cc2)cc1. The number of carbonyl (C=O) groups is 1. The average Bonchev–Trinajstić information content (AvgIpc) is 2.77. The van der Waals surface area contributed by atoms with E-state index < -0.39 is 0 Å². The van der Waals surface area contributed by atoms with E-state index in [2.05, 4.69) is 10.5 Å². The molecule has 0 aliphatic rings. The van der Waals surface area contributed by atoms with Crippen LogP contribution in [0.25, 0.3) is 0 Å². The van der Waals surface area contributed by atoms with Gasteiger partial charge in [0.2, 0.25) is 0 Å². The lowest BCUT2D eigenvalue weighted by atomic mass is 10.2. The predicted molar refractivity (Wildman–Crippen MR) is 120 cm³/mol. The van der Waals surface area contributed by atoms with Crippen LogP contribution in [0.2, 0.25) is 0 Å². The summed E-state index contributed by atoms with van der Waals surface area (Å²) in [6.07, 6.45) is 1.57. The molecule has 0 radical (unpaired) electrons. The van der Waals surface area contributed by atoms with Gasteiger partial charge in [-0.2, -0.15) is 0 Å². The number of hydrogen-bond donors (Lipinski definition) is 1. The molecule has 6 nitrogen and oxygen atoms in total. The Morgan fingerprint density at radius 3 is 2.33 bits per heavy atom. The molecular formula is C24H25N3O3. The van der Waals surface area contributed by atoms with Crippen LogP contribution in [-0.4, -0.2) is 32.8 Å². The lowest BCUT2D eigenvalue weighted by molar-refractivity contribution is -0.120. The molecule has 0 bridgehead atoms. The van der Waals surface area contributed by atoms with Crippen LogP contribution >= 0.6 is 0 Å². The Morgan fingerprint density at radius 2 is 1.67 bits per heavy atom. The maximum Gasteiger partial charge on any atom is 0.265 e. The minimum absolute atomic E-state index is 0.168. The molecule has 3 rings (SSSR count). The van der Waals surface area contributed by atoms with Crippen molar-refractivity contribution in [2.24, 2.45) is 5.16 Å². The van der Waals surface area contributed by atoms with Crippen LogP contribution in [0.5, 0.6) is 5.75 Å². The molecule has 0 saturated carbocycles. The topological polar surface area (TPSA) is 63.2 Å². The summed E-state index contributed by atoms with van der Waals surface area (Å²) in [5.41, 5.74) is 3.76. The van der Waals surface area contributed by atoms with E-state index in [9.17, 15) is 4.79 Å². The van der Waals surface area contributed by atoms with Gasteiger partial charge >= 0.3 is 0 Å². The fraction of sp³-hybridized carbons (Fsp3) is 0.167. The van der Waals surface area contributed by atoms with Gasteiger partial charge in [0.15, 0.2) is 6.61 Å². The van der Waals surface area contributed by atoms with Crippen molar-refractivity contribution in [3.05, 3.63) is 90.0 Å². The van der Waals surface area contributed by atoms with Gasteiger partial charge in [-0.15, -0.1) is 0 Å². The minimum atomic E-state index is -0.284. The van der Waals surface area contributed by atoms with Crippen molar-refractivity contribution in [1.29, 1.82) is 0 Å². The molecule has 0 aromatic heterocycles. The molecule has 0 atom stereocenters. The summed E-state index contributed by atoms with van der Waals surface area (Å²) >= 11 is 0. The summed E-state index contributed by atoms with van der Waals surface area (Å²) in [4.78, 5) is 19.1. The summed E-state index contributed by atoms with van der Waals surface area (Å²) in [5, 5.41) is 6.61. The molecule has 1 amide bonds. The van der Waals surface area contributed by atoms with Crippen LogP contribution < -0.4 is 15.0 Å². The zero-order valence-electron chi connectivity index (χ0n) is 17.1. The molecule has 0 saturated heterocycles. The molecule has 0 heterocycles. The number of rotatable bonds is 9. The Kier molecular flexibility index (Phi) is 7.44. The molecule has 0 fully saturated rings. The lowest BCUT2D eigenvalue weighted by Crippen LogP contribution is -2.16. The van der Waals surface area contributed by atoms with Gasteiger partial charge in [0.05, 0.1) is 6.21 Å². The van der Waals surface area contributed by atoms with Crippen molar-refractivity contribution in [3.8, 4) is 5.75 Å². The van der Waals surface area contributed by atoms with E-state index in [1.165, 1.54) is 0 Å². The van der Waals surface area contributed by atoms with E-state index in [1.807, 2.05) is 85.7 Å². The highest BCUT2D eigenvalue weighted by Gasteiger charge is 2.03. The first kappa shape index (κ1) is 20.9. The van der Waals surface area contributed by atoms with Crippen molar-refractivity contribution >= 4 is 23.5 Å². The van der Waals surface area contributed by atoms with Crippen molar-refractivity contribution in [1.82, 2.24) is 0 Å². The van der Waals surface area contributed by atoms with Gasteiger partial charge in [-0.25, -0.2) is 0 Å². The molecule has 0 aliphatic carbocycles. The highest BCUT2D eigenvalue weighted by Crippen LogP contribution is 2.17. The van der Waals surface area contributed by atoms with Gasteiger partial charge in [0.25, 0.3) is 5.91 Å². The van der Waals surface area contributed by atoms with Crippen LogP contribution in [0, 0.1) is 0 Å². The summed E-state index contributed by atoms with van der Waals surface area (Å²) in [7, 11) is 3.96. The summed E-state index contributed by atoms with van der Waals surface area (Å²) in [6.45, 7) is 0.328. The average molecular weight is 403 g/mol. The van der Waals surface area contributed by atoms with E-state index in [4.69, 9.17) is 9.57 Å². The monoisotopic (exact) mass is 403 g/mol. The Labute approximate surface area is 176 Å². The van der Waals surface area contributed by atoms with Gasteiger partial charge in [-0.05, 0) is 47.5 Å². The maximum atomic E-state index is 12.0. The number of benzene rings is 3. The summed E-state index contributed by atoms with van der Waals surface area (Å²) < 4.78 is 5.73. The second-order valence-electron chi connectivity index (χ2n) is 6.84. The Bertz CT molecular complexity index is 953. The molecule has 0 spiro atoms. The van der Waals surface area contributed by atoms with Crippen molar-refractivity contribution in [3.63, 3.8) is 0 Å². The number of ether oxygens (including phenoxy) is 1. The minimum Gasteiger partial charge on any atom is -0.489 e. The molecular weight excluding hydrogens is 378 g/mol. The molecule has 0 unspecified atom stereocenters. The molecule has 3 aromatic rings. The van der Waals surface area contributed by atoms with Crippen molar-refractivity contribution in [2.75, 3.05) is 30.9 Å². The number of nitrogens with one attached hydrogen (secondary N) is 1. The number of carbonyl (C=O) groups excluding carboxylic acids is 1. The second-order valence-corrected chi connectivity index (χ2v) is 6.84. The zero-order valence-corrected chi connectivity index (χ0v) is 17.1. The van der Waals surface area contributed by atoms with E-state index in [0.717, 1.165) is 22.6 Å². The van der Waals surface area contributed by atoms with Crippen molar-refractivity contribution < 1.29 is 14.4 Å². The van der Waals surface area contributed by atoms with Gasteiger partial charge in [0.1, 0.15) is 12.4 Å². The fourth-order valence-corrected chi connectivity index (χ4v) is 2.63. The quantitative estimate of drug-likeness (QED) is 0.427. The van der Waals surface area contributed by atoms with E-state index in [1.54, 1.807) is 18.3 Å². The summed E-state index contributed by atoms with van der Waals surface area (Å²) in [5.74, 6) is 0.450. The zero-order chi connectivity index (χ0) is 21.2. The van der Waals surface area contributed by atoms with Crippen LogP contribution in [0.15, 0.2) is 84.0 Å². The Hall–Kier alpha value is -3.80. The van der Waals surface area contributed by atoms with Crippen LogP contribution in [0.3, 0.4) is 0 Å². The molecule has 1 N–H and O–H groups in total. The smallest absolute Gasteiger partial charge is 0.265 e. The molecule has 3 aromatic carbocycles. The van der Waals surface area contributed by atoms with Crippen molar-refractivity contribution in [2.45, 2.75) is 6.61 Å². The third kappa shape index (κ3) is 6.67. The maximum absolute atomic E-state index is 12.0. The number of anilines is 2. The number of amides is 1. The number of oxime groups is 1. The molecule has 6 heteroatoms. The van der Waals surface area contributed by atoms with E-state index in [0.29, 0.717) is 12.3 Å². The standard InChI is InChI=1S/C24H25N3O3/c1-27(2)22-12-8-19(9-13-22)16-25-30-18-24(28)26-21-10-14-23(15-11-21)29-17-20-6-4-3-5-7-20/h3-16H,17-18H2,1-2H3,(H,26,28)/b25-16+. The van der Waals surface area contributed by atoms with Gasteiger partial charge in [-0.3, -0.25) is 4.79 Å². The second kappa shape index (κ2) is 10.7. The number of hydrogen-bond acceptors (Lipinski definition) is 5. The van der Waals surface area contributed by atoms with E-state index in [-0.39, 0.29) is 12.5 Å². The lowest BCUT2D eigenvalue weighted by Gasteiger charge is -2.11. The Balaban J connectivity index is 1.40. The van der Waals surface area contributed by atoms with Crippen LogP contribution in [0.4, 0.5) is 11.4 Å². The molecule has 0 aliphatic heterocycles. The highest BCUT2D eigenvalue weighted by molar-refractivity contribution is 5.91. The summed E-state index contributed by atoms with van der Waals surface area (Å²) in [6, 6.07) is 25.0. The van der Waals surface area contributed by atoms with Gasteiger partial charge < -0.3 is 19.8 Å². The first-order valence-corrected chi connectivity index (χ1v) is 9.59. The third-order valence-corrected chi connectivity index (χ3v) is 4.27. The van der Waals surface area contributed by atoms with E-state index >= 15 is 0 Å². The first-order chi connectivity index (χ1) is 14.6. The normalized spacial score (nSPS) is 10.6. The molecule has 154 valence electrons. The van der Waals surface area contributed by atoms with Crippen LogP contribution in [0.1, 0.15) is 11.1 Å². The first-order valence-electron chi connectivity index (χ1n) is 9.59. The van der Waals surface area contributed by atoms with Gasteiger partial charge in [0, 0.05) is 25.5 Å². The van der Waals surface area contributed by atoms with Crippen LogP contribution in [-0.2, 0) is 16.2 Å². The largest absolute Gasteiger partial charge is 0.489 e. The predicted octanol–water partition coefficient (Wildman–Crippen LogP) is 4.32. The fourth-order valence-electron chi connectivity index (χ4n) is 2.63. The molecule has 30 heavy (non-hydrogen) atoms. The Morgan fingerprint density at radius 1 is 0.967 bits per heavy atom. The highest BCUT2D eigenvalue weighted by atomic mass is 16.6.